The molecule has 0 amide bonds. The highest BCUT2D eigenvalue weighted by molar-refractivity contribution is 7.99. The maximum atomic E-state index is 5.84. The molecule has 2 atom stereocenters. The number of ether oxygens (including phenoxy) is 1. The molecule has 0 aromatic carbocycles. The Bertz CT molecular complexity index is 174. The Hall–Kier alpha value is 0.230. The van der Waals surface area contributed by atoms with Crippen LogP contribution in [0.3, 0.4) is 0 Å². The van der Waals surface area contributed by atoms with Crippen molar-refractivity contribution < 1.29 is 4.74 Å². The lowest BCUT2D eigenvalue weighted by molar-refractivity contribution is 0.0290. The summed E-state index contributed by atoms with van der Waals surface area (Å²) in [5.41, 5.74) is 5.59. The number of nitrogens with zero attached hydrogens (tertiary/aromatic N) is 1. The summed E-state index contributed by atoms with van der Waals surface area (Å²) in [5, 5.41) is 0. The third kappa shape index (κ3) is 2.86. The van der Waals surface area contributed by atoms with Gasteiger partial charge in [0, 0.05) is 37.7 Å². The van der Waals surface area contributed by atoms with Gasteiger partial charge < -0.3 is 10.5 Å². The van der Waals surface area contributed by atoms with Crippen molar-refractivity contribution in [2.24, 2.45) is 5.73 Å². The fourth-order valence-corrected chi connectivity index (χ4v) is 3.14. The van der Waals surface area contributed by atoms with E-state index in [0.29, 0.717) is 18.8 Å². The number of nitrogens with two attached hydrogens (primary N) is 1. The molecule has 82 valence electrons. The van der Waals surface area contributed by atoms with Gasteiger partial charge in [-0.15, -0.1) is 0 Å². The molecule has 0 aromatic rings. The van der Waals surface area contributed by atoms with Crippen LogP contribution in [0.4, 0.5) is 0 Å². The van der Waals surface area contributed by atoms with E-state index < -0.39 is 0 Å². The van der Waals surface area contributed by atoms with Crippen LogP contribution in [0.1, 0.15) is 12.8 Å². The first-order valence-corrected chi connectivity index (χ1v) is 6.69. The van der Waals surface area contributed by atoms with Crippen molar-refractivity contribution in [2.45, 2.75) is 25.0 Å². The molecule has 2 unspecified atom stereocenters. The number of rotatable bonds is 3. The second kappa shape index (κ2) is 5.35. The van der Waals surface area contributed by atoms with Gasteiger partial charge >= 0.3 is 0 Å². The summed E-state index contributed by atoms with van der Waals surface area (Å²) in [6, 6.07) is 0. The van der Waals surface area contributed by atoms with Crippen molar-refractivity contribution in [1.29, 1.82) is 0 Å². The summed E-state index contributed by atoms with van der Waals surface area (Å²) in [6.45, 7) is 4.28. The quantitative estimate of drug-likeness (QED) is 0.747. The lowest BCUT2D eigenvalue weighted by Crippen LogP contribution is -2.38. The summed E-state index contributed by atoms with van der Waals surface area (Å²) in [7, 11) is 0. The van der Waals surface area contributed by atoms with Crippen LogP contribution in [0.2, 0.25) is 0 Å². The van der Waals surface area contributed by atoms with Gasteiger partial charge in [0.2, 0.25) is 0 Å². The number of thioether (sulfide) groups is 1. The van der Waals surface area contributed by atoms with E-state index in [9.17, 15) is 0 Å². The smallest absolute Gasteiger partial charge is 0.0707 e. The average molecular weight is 216 g/mol. The summed E-state index contributed by atoms with van der Waals surface area (Å²) in [5.74, 6) is 2.57. The van der Waals surface area contributed by atoms with E-state index in [1.165, 1.54) is 31.0 Å². The minimum Gasteiger partial charge on any atom is -0.372 e. The third-order valence-electron chi connectivity index (χ3n) is 3.02. The zero-order valence-corrected chi connectivity index (χ0v) is 9.47. The van der Waals surface area contributed by atoms with Crippen LogP contribution in [0, 0.1) is 0 Å². The topological polar surface area (TPSA) is 38.5 Å². The van der Waals surface area contributed by atoms with Gasteiger partial charge in [0.25, 0.3) is 0 Å². The fourth-order valence-electron chi connectivity index (χ4n) is 2.16. The minimum absolute atomic E-state index is 0.333. The van der Waals surface area contributed by atoms with Crippen molar-refractivity contribution >= 4 is 11.8 Å². The van der Waals surface area contributed by atoms with Crippen LogP contribution in [-0.2, 0) is 4.74 Å². The summed E-state index contributed by atoms with van der Waals surface area (Å²) >= 11 is 2.06. The molecule has 0 bridgehead atoms. The SMILES string of the molecule is NCC1CCC(CN2CCSCC2)O1. The predicted octanol–water partition coefficient (Wildman–Crippen LogP) is 0.541. The first kappa shape index (κ1) is 10.7. The minimum atomic E-state index is 0.333. The van der Waals surface area contributed by atoms with Gasteiger partial charge in [-0.05, 0) is 12.8 Å². The second-order valence-electron chi connectivity index (χ2n) is 4.11. The molecule has 0 radical (unpaired) electrons. The van der Waals surface area contributed by atoms with Gasteiger partial charge in [-0.3, -0.25) is 4.90 Å². The van der Waals surface area contributed by atoms with Crippen LogP contribution in [0.25, 0.3) is 0 Å². The molecule has 2 saturated heterocycles. The van der Waals surface area contributed by atoms with E-state index in [1.807, 2.05) is 0 Å². The molecule has 2 aliphatic heterocycles. The Kier molecular flexibility index (Phi) is 4.10. The molecule has 2 fully saturated rings. The summed E-state index contributed by atoms with van der Waals surface area (Å²) < 4.78 is 5.84. The predicted molar refractivity (Wildman–Crippen MR) is 60.7 cm³/mol. The van der Waals surface area contributed by atoms with Crippen LogP contribution < -0.4 is 5.73 Å². The van der Waals surface area contributed by atoms with Crippen LogP contribution in [0.15, 0.2) is 0 Å². The Balaban J connectivity index is 1.69. The maximum Gasteiger partial charge on any atom is 0.0707 e. The standard InChI is InChI=1S/C10H20N2OS/c11-7-9-1-2-10(13-9)8-12-3-5-14-6-4-12/h9-10H,1-8,11H2. The van der Waals surface area contributed by atoms with Gasteiger partial charge in [0.15, 0.2) is 0 Å². The van der Waals surface area contributed by atoms with E-state index >= 15 is 0 Å². The van der Waals surface area contributed by atoms with Crippen molar-refractivity contribution in [2.75, 3.05) is 37.7 Å². The first-order chi connectivity index (χ1) is 6.88. The van der Waals surface area contributed by atoms with E-state index in [-0.39, 0.29) is 0 Å². The second-order valence-corrected chi connectivity index (χ2v) is 5.33. The van der Waals surface area contributed by atoms with Gasteiger partial charge in [-0.25, -0.2) is 0 Å². The van der Waals surface area contributed by atoms with Crippen LogP contribution in [0.5, 0.6) is 0 Å². The molecule has 14 heavy (non-hydrogen) atoms. The highest BCUT2D eigenvalue weighted by Crippen LogP contribution is 2.20. The molecule has 2 N–H and O–H groups in total. The zero-order chi connectivity index (χ0) is 9.80. The van der Waals surface area contributed by atoms with E-state index in [1.54, 1.807) is 0 Å². The van der Waals surface area contributed by atoms with Crippen molar-refractivity contribution in [3.63, 3.8) is 0 Å². The lowest BCUT2D eigenvalue weighted by atomic mass is 10.2. The maximum absolute atomic E-state index is 5.84. The molecule has 0 aliphatic carbocycles. The summed E-state index contributed by atoms with van der Waals surface area (Å²) in [4.78, 5) is 2.53. The molecule has 2 rings (SSSR count). The molecular weight excluding hydrogens is 196 g/mol. The Labute approximate surface area is 90.3 Å². The average Bonchev–Trinajstić information content (AvgIpc) is 2.67. The Morgan fingerprint density at radius 1 is 1.21 bits per heavy atom. The Morgan fingerprint density at radius 2 is 1.93 bits per heavy atom. The van der Waals surface area contributed by atoms with Gasteiger partial charge in [-0.1, -0.05) is 0 Å². The molecule has 4 heteroatoms. The lowest BCUT2D eigenvalue weighted by Gasteiger charge is -2.28. The third-order valence-corrected chi connectivity index (χ3v) is 3.97. The monoisotopic (exact) mass is 216 g/mol. The number of hydrogen-bond donors (Lipinski definition) is 1. The van der Waals surface area contributed by atoms with Gasteiger partial charge in [-0.2, -0.15) is 11.8 Å². The van der Waals surface area contributed by atoms with Crippen LogP contribution >= 0.6 is 11.8 Å². The fraction of sp³-hybridized carbons (Fsp3) is 1.00. The largest absolute Gasteiger partial charge is 0.372 e. The molecular formula is C10H20N2OS. The van der Waals surface area contributed by atoms with Crippen LogP contribution in [-0.4, -0.2) is 54.8 Å². The Morgan fingerprint density at radius 3 is 2.57 bits per heavy atom. The first-order valence-electron chi connectivity index (χ1n) is 5.54. The zero-order valence-electron chi connectivity index (χ0n) is 8.65. The van der Waals surface area contributed by atoms with Crippen molar-refractivity contribution in [3.8, 4) is 0 Å². The highest BCUT2D eigenvalue weighted by atomic mass is 32.2. The van der Waals surface area contributed by atoms with Gasteiger partial charge in [0.05, 0.1) is 12.2 Å². The normalized spacial score (nSPS) is 34.9. The van der Waals surface area contributed by atoms with E-state index in [2.05, 4.69) is 16.7 Å². The van der Waals surface area contributed by atoms with E-state index in [4.69, 9.17) is 10.5 Å². The highest BCUT2D eigenvalue weighted by Gasteiger charge is 2.26. The molecule has 2 heterocycles. The van der Waals surface area contributed by atoms with Crippen molar-refractivity contribution in [1.82, 2.24) is 4.90 Å². The molecule has 2 aliphatic rings. The molecule has 3 nitrogen and oxygen atoms in total. The number of hydrogen-bond acceptors (Lipinski definition) is 4. The van der Waals surface area contributed by atoms with Gasteiger partial charge in [0.1, 0.15) is 0 Å². The van der Waals surface area contributed by atoms with Crippen molar-refractivity contribution in [3.05, 3.63) is 0 Å². The summed E-state index contributed by atoms with van der Waals surface area (Å²) in [6.07, 6.45) is 3.14. The molecule has 0 aromatic heterocycles. The van der Waals surface area contributed by atoms with E-state index in [0.717, 1.165) is 13.0 Å². The molecule has 0 saturated carbocycles. The molecule has 0 spiro atoms.